The van der Waals surface area contributed by atoms with Crippen LogP contribution < -0.4 is 10.6 Å². The molecule has 2 aliphatic rings. The number of fused-ring (bicyclic) bond motifs is 1. The Morgan fingerprint density at radius 2 is 2.35 bits per heavy atom. The van der Waals surface area contributed by atoms with Gasteiger partial charge in [0.1, 0.15) is 12.4 Å². The number of hydrogen-bond acceptors (Lipinski definition) is 4. The fourth-order valence-electron chi connectivity index (χ4n) is 2.52. The number of imidazole rings is 1. The van der Waals surface area contributed by atoms with Gasteiger partial charge < -0.3 is 15.2 Å². The lowest BCUT2D eigenvalue weighted by molar-refractivity contribution is -0.131. The lowest BCUT2D eigenvalue weighted by Gasteiger charge is -2.25. The Morgan fingerprint density at radius 3 is 3.10 bits per heavy atom. The zero-order chi connectivity index (χ0) is 14.1. The summed E-state index contributed by atoms with van der Waals surface area (Å²) in [5, 5.41) is 5.24. The Morgan fingerprint density at radius 1 is 1.50 bits per heavy atom. The first-order valence-corrected chi connectivity index (χ1v) is 6.51. The van der Waals surface area contributed by atoms with Crippen molar-refractivity contribution < 1.29 is 14.4 Å². The number of aryl methyl sites for hydroxylation is 1. The Hall–Kier alpha value is -2.38. The number of nitrogens with zero attached hydrogens (tertiary/aromatic N) is 3. The molecule has 0 aromatic carbocycles. The van der Waals surface area contributed by atoms with Crippen LogP contribution in [0.2, 0.25) is 0 Å². The van der Waals surface area contributed by atoms with Gasteiger partial charge in [-0.3, -0.25) is 14.5 Å². The number of amides is 4. The normalized spacial score (nSPS) is 21.6. The lowest BCUT2D eigenvalue weighted by atomic mass is 10.1. The second-order valence-electron chi connectivity index (χ2n) is 4.94. The van der Waals surface area contributed by atoms with Gasteiger partial charge in [0.2, 0.25) is 5.91 Å². The van der Waals surface area contributed by atoms with Crippen LogP contribution >= 0.6 is 0 Å². The van der Waals surface area contributed by atoms with Crippen molar-refractivity contribution in [2.24, 2.45) is 0 Å². The third-order valence-corrected chi connectivity index (χ3v) is 3.54. The van der Waals surface area contributed by atoms with Gasteiger partial charge >= 0.3 is 6.03 Å². The summed E-state index contributed by atoms with van der Waals surface area (Å²) in [6.45, 7) is 0.410. The van der Waals surface area contributed by atoms with Crippen molar-refractivity contribution in [3.05, 3.63) is 18.2 Å². The third-order valence-electron chi connectivity index (χ3n) is 3.54. The smallest absolute Gasteiger partial charge is 0.325 e. The molecule has 0 aliphatic carbocycles. The molecule has 1 aromatic heterocycles. The van der Waals surface area contributed by atoms with Crippen LogP contribution in [0.25, 0.3) is 0 Å². The molecule has 0 saturated carbocycles. The molecule has 1 aromatic rings. The van der Waals surface area contributed by atoms with E-state index in [0.29, 0.717) is 6.54 Å². The second kappa shape index (κ2) is 4.95. The zero-order valence-corrected chi connectivity index (χ0v) is 10.8. The largest absolute Gasteiger partial charge is 0.350 e. The molecular formula is C12H15N5O3. The highest BCUT2D eigenvalue weighted by atomic mass is 16.2. The molecule has 0 radical (unpaired) electrons. The van der Waals surface area contributed by atoms with Crippen molar-refractivity contribution in [2.45, 2.75) is 25.4 Å². The monoisotopic (exact) mass is 277 g/mol. The van der Waals surface area contributed by atoms with E-state index in [0.717, 1.165) is 23.6 Å². The lowest BCUT2D eigenvalue weighted by Crippen LogP contribution is -2.46. The van der Waals surface area contributed by atoms with Crippen LogP contribution in [-0.2, 0) is 22.6 Å². The van der Waals surface area contributed by atoms with Crippen LogP contribution in [0.15, 0.2) is 12.4 Å². The molecule has 0 spiro atoms. The Labute approximate surface area is 115 Å². The summed E-state index contributed by atoms with van der Waals surface area (Å²) in [6.07, 6.45) is 5.24. The van der Waals surface area contributed by atoms with E-state index in [1.807, 2.05) is 10.8 Å². The van der Waals surface area contributed by atoms with Gasteiger partial charge in [-0.1, -0.05) is 0 Å². The minimum absolute atomic E-state index is 0.00460. The average Bonchev–Trinajstić information content (AvgIpc) is 3.00. The molecule has 1 fully saturated rings. The van der Waals surface area contributed by atoms with Gasteiger partial charge in [0, 0.05) is 31.4 Å². The van der Waals surface area contributed by atoms with Gasteiger partial charge in [-0.25, -0.2) is 9.78 Å². The molecule has 1 saturated heterocycles. The first-order chi connectivity index (χ1) is 9.63. The first kappa shape index (κ1) is 12.6. The molecule has 2 N–H and O–H groups in total. The Bertz CT molecular complexity index is 551. The van der Waals surface area contributed by atoms with Gasteiger partial charge in [-0.05, 0) is 6.42 Å². The first-order valence-electron chi connectivity index (χ1n) is 6.51. The van der Waals surface area contributed by atoms with E-state index in [-0.39, 0.29) is 30.9 Å². The van der Waals surface area contributed by atoms with E-state index in [9.17, 15) is 14.4 Å². The summed E-state index contributed by atoms with van der Waals surface area (Å²) >= 11 is 0. The molecule has 2 aliphatic heterocycles. The van der Waals surface area contributed by atoms with E-state index in [4.69, 9.17) is 0 Å². The Kier molecular flexibility index (Phi) is 3.13. The van der Waals surface area contributed by atoms with Crippen LogP contribution in [0.5, 0.6) is 0 Å². The van der Waals surface area contributed by atoms with Crippen LogP contribution in [0, 0.1) is 0 Å². The molecule has 8 nitrogen and oxygen atoms in total. The standard InChI is InChI=1S/C12H15N5O3/c18-10(7-17-11(19)5-14-12(17)20)15-8-1-2-9-13-3-4-16(9)6-8/h3-4,8H,1-2,5-7H2,(H,14,20)(H,15,18)/t8-/m1/s1. The highest BCUT2D eigenvalue weighted by Gasteiger charge is 2.31. The third kappa shape index (κ3) is 2.36. The minimum Gasteiger partial charge on any atom is -0.350 e. The molecule has 8 heteroatoms. The summed E-state index contributed by atoms with van der Waals surface area (Å²) in [4.78, 5) is 39.8. The Balaban J connectivity index is 1.55. The van der Waals surface area contributed by atoms with Crippen molar-refractivity contribution in [2.75, 3.05) is 13.1 Å². The van der Waals surface area contributed by atoms with Gasteiger partial charge in [0.15, 0.2) is 0 Å². The predicted molar refractivity (Wildman–Crippen MR) is 67.6 cm³/mol. The van der Waals surface area contributed by atoms with E-state index >= 15 is 0 Å². The molecule has 0 bridgehead atoms. The van der Waals surface area contributed by atoms with Crippen molar-refractivity contribution >= 4 is 17.8 Å². The number of urea groups is 1. The number of nitrogens with one attached hydrogen (secondary N) is 2. The molecule has 3 rings (SSSR count). The van der Waals surface area contributed by atoms with Crippen molar-refractivity contribution in [1.29, 1.82) is 0 Å². The van der Waals surface area contributed by atoms with Crippen LogP contribution in [0.1, 0.15) is 12.2 Å². The van der Waals surface area contributed by atoms with Crippen molar-refractivity contribution in [1.82, 2.24) is 25.1 Å². The minimum atomic E-state index is -0.509. The van der Waals surface area contributed by atoms with Crippen LogP contribution in [0.4, 0.5) is 4.79 Å². The maximum Gasteiger partial charge on any atom is 0.325 e. The molecule has 4 amide bonds. The summed E-state index contributed by atoms with van der Waals surface area (Å²) in [6, 6.07) is -0.504. The topological polar surface area (TPSA) is 96.3 Å². The van der Waals surface area contributed by atoms with E-state index in [1.165, 1.54) is 0 Å². The highest BCUT2D eigenvalue weighted by Crippen LogP contribution is 2.13. The van der Waals surface area contributed by atoms with E-state index < -0.39 is 6.03 Å². The number of carbonyl (C=O) groups excluding carboxylic acids is 3. The molecule has 1 atom stereocenters. The van der Waals surface area contributed by atoms with Gasteiger partial charge in [0.25, 0.3) is 5.91 Å². The SMILES string of the molecule is O=C(CN1C(=O)CNC1=O)N[C@@H]1CCc2nccn2C1. The molecule has 20 heavy (non-hydrogen) atoms. The fraction of sp³-hybridized carbons (Fsp3) is 0.500. The molecular weight excluding hydrogens is 262 g/mol. The van der Waals surface area contributed by atoms with E-state index in [2.05, 4.69) is 15.6 Å². The van der Waals surface area contributed by atoms with Crippen molar-refractivity contribution in [3.63, 3.8) is 0 Å². The van der Waals surface area contributed by atoms with Gasteiger partial charge in [0.05, 0.1) is 6.54 Å². The number of rotatable bonds is 3. The van der Waals surface area contributed by atoms with Crippen LogP contribution in [0.3, 0.4) is 0 Å². The van der Waals surface area contributed by atoms with Crippen molar-refractivity contribution in [3.8, 4) is 0 Å². The number of imide groups is 1. The number of aromatic nitrogens is 2. The fourth-order valence-corrected chi connectivity index (χ4v) is 2.52. The summed E-state index contributed by atoms with van der Waals surface area (Å²) < 4.78 is 2.00. The van der Waals surface area contributed by atoms with Gasteiger partial charge in [-0.2, -0.15) is 0 Å². The summed E-state index contributed by atoms with van der Waals surface area (Å²) in [5.74, 6) is 0.333. The maximum atomic E-state index is 11.9. The van der Waals surface area contributed by atoms with Gasteiger partial charge in [-0.15, -0.1) is 0 Å². The number of hydrogen-bond donors (Lipinski definition) is 2. The zero-order valence-electron chi connectivity index (χ0n) is 10.8. The number of carbonyl (C=O) groups is 3. The maximum absolute atomic E-state index is 11.9. The average molecular weight is 277 g/mol. The summed E-state index contributed by atoms with van der Waals surface area (Å²) in [5.41, 5.74) is 0. The quantitative estimate of drug-likeness (QED) is 0.683. The van der Waals surface area contributed by atoms with E-state index in [1.54, 1.807) is 6.20 Å². The molecule has 0 unspecified atom stereocenters. The second-order valence-corrected chi connectivity index (χ2v) is 4.94. The molecule has 106 valence electrons. The highest BCUT2D eigenvalue weighted by molar-refractivity contribution is 6.04. The predicted octanol–water partition coefficient (Wildman–Crippen LogP) is -1.13. The van der Waals surface area contributed by atoms with Crippen LogP contribution in [-0.4, -0.2) is 51.4 Å². The molecule has 3 heterocycles. The summed E-state index contributed by atoms with van der Waals surface area (Å²) in [7, 11) is 0.